The first-order valence-electron chi connectivity index (χ1n) is 11.7. The second kappa shape index (κ2) is 9.99. The number of carbonyl (C=O) groups is 1. The van der Waals surface area contributed by atoms with Gasteiger partial charge in [0.25, 0.3) is 0 Å². The average molecular weight is 441 g/mol. The molecule has 0 spiro atoms. The molecule has 1 N–H and O–H groups in total. The van der Waals surface area contributed by atoms with Crippen LogP contribution >= 0.6 is 0 Å². The number of pyridine rings is 1. The molecule has 4 aromatic rings. The number of aromatic nitrogens is 3. The van der Waals surface area contributed by atoms with Gasteiger partial charge in [-0.15, -0.1) is 0 Å². The van der Waals surface area contributed by atoms with Crippen molar-refractivity contribution in [2.45, 2.75) is 59.4 Å². The number of benzene rings is 2. The van der Waals surface area contributed by atoms with Crippen LogP contribution in [0.3, 0.4) is 0 Å². The first-order valence-corrected chi connectivity index (χ1v) is 11.7. The Bertz CT molecular complexity index is 1250. The van der Waals surface area contributed by atoms with Crippen molar-refractivity contribution in [3.8, 4) is 5.69 Å². The third-order valence-electron chi connectivity index (χ3n) is 6.29. The largest absolute Gasteiger partial charge is 0.354 e. The standard InChI is InChI=1S/C28H32N4O/c1-19(15-16-23-11-7-5-8-12-23)29-26(33)18-17-25-20(2)27-22(4)31-32(28(27)30-21(25)3)24-13-9-6-10-14-24/h5-14,19H,15-18H2,1-4H3,(H,29,33). The Kier molecular flexibility index (Phi) is 6.87. The van der Waals surface area contributed by atoms with Gasteiger partial charge in [0.15, 0.2) is 5.65 Å². The zero-order chi connectivity index (χ0) is 23.4. The molecule has 0 bridgehead atoms. The lowest BCUT2D eigenvalue weighted by Crippen LogP contribution is -2.33. The van der Waals surface area contributed by atoms with Crippen molar-refractivity contribution >= 4 is 16.9 Å². The summed E-state index contributed by atoms with van der Waals surface area (Å²) in [5.74, 6) is 0.0890. The van der Waals surface area contributed by atoms with Crippen LogP contribution in [-0.4, -0.2) is 26.7 Å². The summed E-state index contributed by atoms with van der Waals surface area (Å²) in [4.78, 5) is 17.5. The number of rotatable bonds is 8. The molecule has 0 radical (unpaired) electrons. The topological polar surface area (TPSA) is 59.8 Å². The van der Waals surface area contributed by atoms with E-state index in [0.29, 0.717) is 12.8 Å². The van der Waals surface area contributed by atoms with E-state index >= 15 is 0 Å². The number of aryl methyl sites for hydroxylation is 4. The lowest BCUT2D eigenvalue weighted by atomic mass is 9.99. The molecule has 0 saturated heterocycles. The summed E-state index contributed by atoms with van der Waals surface area (Å²) in [7, 11) is 0. The molecule has 1 atom stereocenters. The molecule has 1 unspecified atom stereocenters. The van der Waals surface area contributed by atoms with Gasteiger partial charge < -0.3 is 5.32 Å². The van der Waals surface area contributed by atoms with Gasteiger partial charge in [-0.25, -0.2) is 9.67 Å². The summed E-state index contributed by atoms with van der Waals surface area (Å²) < 4.78 is 1.91. The first-order chi connectivity index (χ1) is 15.9. The molecule has 170 valence electrons. The van der Waals surface area contributed by atoms with Crippen molar-refractivity contribution in [3.63, 3.8) is 0 Å². The van der Waals surface area contributed by atoms with Gasteiger partial charge in [-0.1, -0.05) is 48.5 Å². The fraction of sp³-hybridized carbons (Fsp3) is 0.321. The molecule has 5 nitrogen and oxygen atoms in total. The number of nitrogens with zero attached hydrogens (tertiary/aromatic N) is 3. The number of amides is 1. The molecule has 4 rings (SSSR count). The van der Waals surface area contributed by atoms with Crippen LogP contribution in [0.4, 0.5) is 0 Å². The van der Waals surface area contributed by atoms with Gasteiger partial charge in [0.1, 0.15) is 0 Å². The number of hydrogen-bond acceptors (Lipinski definition) is 3. The van der Waals surface area contributed by atoms with Crippen LogP contribution in [0.1, 0.15) is 47.8 Å². The minimum absolute atomic E-state index is 0.0890. The predicted molar refractivity (Wildman–Crippen MR) is 134 cm³/mol. The van der Waals surface area contributed by atoms with Crippen LogP contribution in [0.15, 0.2) is 60.7 Å². The quantitative estimate of drug-likeness (QED) is 0.398. The second-order valence-electron chi connectivity index (χ2n) is 8.82. The molecule has 0 aliphatic heterocycles. The van der Waals surface area contributed by atoms with Crippen molar-refractivity contribution in [3.05, 3.63) is 88.7 Å². The van der Waals surface area contributed by atoms with E-state index in [-0.39, 0.29) is 11.9 Å². The van der Waals surface area contributed by atoms with E-state index in [9.17, 15) is 4.79 Å². The molecular weight excluding hydrogens is 408 g/mol. The Morgan fingerprint density at radius 3 is 2.30 bits per heavy atom. The average Bonchev–Trinajstić information content (AvgIpc) is 3.15. The fourth-order valence-corrected chi connectivity index (χ4v) is 4.51. The molecule has 2 heterocycles. The smallest absolute Gasteiger partial charge is 0.220 e. The van der Waals surface area contributed by atoms with E-state index in [1.807, 2.05) is 54.9 Å². The Labute approximate surface area is 195 Å². The molecule has 2 aromatic heterocycles. The number of fused-ring (bicyclic) bond motifs is 1. The summed E-state index contributed by atoms with van der Waals surface area (Å²) >= 11 is 0. The molecule has 1 amide bonds. The highest BCUT2D eigenvalue weighted by molar-refractivity contribution is 5.85. The molecular formula is C28H32N4O. The van der Waals surface area contributed by atoms with Crippen molar-refractivity contribution in [1.82, 2.24) is 20.1 Å². The van der Waals surface area contributed by atoms with Gasteiger partial charge in [-0.2, -0.15) is 5.10 Å². The van der Waals surface area contributed by atoms with Crippen LogP contribution in [0, 0.1) is 20.8 Å². The number of nitrogens with one attached hydrogen (secondary N) is 1. The van der Waals surface area contributed by atoms with E-state index in [4.69, 9.17) is 10.1 Å². The number of hydrogen-bond donors (Lipinski definition) is 1. The number of carbonyl (C=O) groups excluding carboxylic acids is 1. The van der Waals surface area contributed by atoms with Crippen molar-refractivity contribution < 1.29 is 4.79 Å². The maximum Gasteiger partial charge on any atom is 0.220 e. The number of para-hydroxylation sites is 1. The third-order valence-corrected chi connectivity index (χ3v) is 6.29. The van der Waals surface area contributed by atoms with Gasteiger partial charge >= 0.3 is 0 Å². The summed E-state index contributed by atoms with van der Waals surface area (Å²) in [5, 5.41) is 9.00. The second-order valence-corrected chi connectivity index (χ2v) is 8.82. The molecule has 0 aliphatic carbocycles. The van der Waals surface area contributed by atoms with Crippen molar-refractivity contribution in [2.24, 2.45) is 0 Å². The summed E-state index contributed by atoms with van der Waals surface area (Å²) in [6, 6.07) is 20.6. The lowest BCUT2D eigenvalue weighted by molar-refractivity contribution is -0.121. The van der Waals surface area contributed by atoms with E-state index < -0.39 is 0 Å². The van der Waals surface area contributed by atoms with Crippen molar-refractivity contribution in [1.29, 1.82) is 0 Å². The molecule has 0 fully saturated rings. The van der Waals surface area contributed by atoms with Crippen molar-refractivity contribution in [2.75, 3.05) is 0 Å². The molecule has 0 aliphatic rings. The minimum Gasteiger partial charge on any atom is -0.354 e. The van der Waals surface area contributed by atoms with E-state index in [1.165, 1.54) is 11.1 Å². The normalized spacial score (nSPS) is 12.1. The van der Waals surface area contributed by atoms with Gasteiger partial charge in [0, 0.05) is 23.5 Å². The SMILES string of the molecule is Cc1nc2c(c(C)nn2-c2ccccc2)c(C)c1CCC(=O)NC(C)CCc1ccccc1. The van der Waals surface area contributed by atoms with Crippen LogP contribution < -0.4 is 5.32 Å². The van der Waals surface area contributed by atoms with E-state index in [1.54, 1.807) is 0 Å². The van der Waals surface area contributed by atoms with Gasteiger partial charge in [0.2, 0.25) is 5.91 Å². The summed E-state index contributed by atoms with van der Waals surface area (Å²) in [6.07, 6.45) is 3.02. The maximum atomic E-state index is 12.6. The fourth-order valence-electron chi connectivity index (χ4n) is 4.51. The Hall–Kier alpha value is -3.47. The van der Waals surface area contributed by atoms with E-state index in [0.717, 1.165) is 46.5 Å². The highest BCUT2D eigenvalue weighted by Gasteiger charge is 2.18. The van der Waals surface area contributed by atoms with Crippen LogP contribution in [0.25, 0.3) is 16.7 Å². The van der Waals surface area contributed by atoms with E-state index in [2.05, 4.69) is 43.4 Å². The predicted octanol–water partition coefficient (Wildman–Crippen LogP) is 5.42. The molecule has 33 heavy (non-hydrogen) atoms. The molecule has 5 heteroatoms. The molecule has 2 aromatic carbocycles. The maximum absolute atomic E-state index is 12.6. The first kappa shape index (κ1) is 22.7. The summed E-state index contributed by atoms with van der Waals surface area (Å²) in [6.45, 7) is 8.25. The van der Waals surface area contributed by atoms with Gasteiger partial charge in [-0.05, 0) is 75.8 Å². The van der Waals surface area contributed by atoms with Crippen LogP contribution in [-0.2, 0) is 17.6 Å². The Morgan fingerprint density at radius 1 is 0.939 bits per heavy atom. The zero-order valence-electron chi connectivity index (χ0n) is 19.9. The van der Waals surface area contributed by atoms with Gasteiger partial charge in [-0.3, -0.25) is 4.79 Å². The molecule has 0 saturated carbocycles. The van der Waals surface area contributed by atoms with Gasteiger partial charge in [0.05, 0.1) is 11.4 Å². The summed E-state index contributed by atoms with van der Waals surface area (Å²) in [5.41, 5.74) is 7.40. The minimum atomic E-state index is 0.0890. The van der Waals surface area contributed by atoms with Crippen LogP contribution in [0.5, 0.6) is 0 Å². The Morgan fingerprint density at radius 2 is 1.61 bits per heavy atom. The monoisotopic (exact) mass is 440 g/mol. The van der Waals surface area contributed by atoms with Crippen LogP contribution in [0.2, 0.25) is 0 Å². The highest BCUT2D eigenvalue weighted by Crippen LogP contribution is 2.28. The Balaban J connectivity index is 1.44. The lowest BCUT2D eigenvalue weighted by Gasteiger charge is -2.15. The highest BCUT2D eigenvalue weighted by atomic mass is 16.1. The third kappa shape index (κ3) is 5.14. The zero-order valence-corrected chi connectivity index (χ0v) is 19.9.